The fourth-order valence-electron chi connectivity index (χ4n) is 2.44. The van der Waals surface area contributed by atoms with Gasteiger partial charge in [-0.05, 0) is 36.6 Å². The quantitative estimate of drug-likeness (QED) is 0.680. The number of aromatic nitrogens is 1. The molecule has 0 radical (unpaired) electrons. The summed E-state index contributed by atoms with van der Waals surface area (Å²) in [5.74, 6) is 0. The van der Waals surface area contributed by atoms with Gasteiger partial charge in [-0.25, -0.2) is 4.98 Å². The third-order valence-corrected chi connectivity index (χ3v) is 4.70. The summed E-state index contributed by atoms with van der Waals surface area (Å²) >= 11 is 1.77. The molecule has 3 aromatic rings. The molecule has 1 N–H and O–H groups in total. The van der Waals surface area contributed by atoms with Crippen LogP contribution < -0.4 is 5.32 Å². The highest BCUT2D eigenvalue weighted by molar-refractivity contribution is 7.15. The van der Waals surface area contributed by atoms with Gasteiger partial charge in [-0.3, -0.25) is 0 Å². The Morgan fingerprint density at radius 1 is 1.00 bits per heavy atom. The fraction of sp³-hybridized carbons (Fsp3) is 0.211. The lowest BCUT2D eigenvalue weighted by Crippen LogP contribution is -2.16. The van der Waals surface area contributed by atoms with Crippen LogP contribution in [0.2, 0.25) is 0 Å². The molecule has 22 heavy (non-hydrogen) atoms. The van der Waals surface area contributed by atoms with E-state index in [1.807, 2.05) is 6.20 Å². The Labute approximate surface area is 135 Å². The Balaban J connectivity index is 1.53. The van der Waals surface area contributed by atoms with Crippen molar-refractivity contribution in [1.29, 1.82) is 0 Å². The maximum Gasteiger partial charge on any atom is 0.107 e. The van der Waals surface area contributed by atoms with Crippen LogP contribution >= 0.6 is 11.3 Å². The van der Waals surface area contributed by atoms with Gasteiger partial charge in [0.15, 0.2) is 0 Å². The van der Waals surface area contributed by atoms with Crippen LogP contribution in [0.15, 0.2) is 60.8 Å². The molecule has 2 aromatic carbocycles. The van der Waals surface area contributed by atoms with Crippen molar-refractivity contribution in [2.24, 2.45) is 0 Å². The Hall–Kier alpha value is -1.97. The number of benzene rings is 2. The first-order valence-electron chi connectivity index (χ1n) is 7.58. The van der Waals surface area contributed by atoms with E-state index >= 15 is 0 Å². The van der Waals surface area contributed by atoms with Crippen LogP contribution in [-0.2, 0) is 13.0 Å². The summed E-state index contributed by atoms with van der Waals surface area (Å²) in [5, 5.41) is 4.62. The molecule has 112 valence electrons. The minimum atomic E-state index is 0.837. The van der Waals surface area contributed by atoms with E-state index in [-0.39, 0.29) is 0 Å². The lowest BCUT2D eigenvalue weighted by atomic mass is 10.1. The molecule has 2 nitrogen and oxygen atoms in total. The largest absolute Gasteiger partial charge is 0.310 e. The first-order valence-corrected chi connectivity index (χ1v) is 8.40. The van der Waals surface area contributed by atoms with E-state index < -0.39 is 0 Å². The van der Waals surface area contributed by atoms with Gasteiger partial charge in [0.05, 0.1) is 4.88 Å². The first-order chi connectivity index (χ1) is 10.8. The molecule has 0 spiro atoms. The van der Waals surface area contributed by atoms with Gasteiger partial charge < -0.3 is 5.32 Å². The van der Waals surface area contributed by atoms with Gasteiger partial charge in [0.1, 0.15) is 5.01 Å². The second-order valence-electron chi connectivity index (χ2n) is 5.35. The zero-order valence-electron chi connectivity index (χ0n) is 12.8. The van der Waals surface area contributed by atoms with Crippen molar-refractivity contribution in [2.45, 2.75) is 19.9 Å². The lowest BCUT2D eigenvalue weighted by Gasteiger charge is -2.03. The topological polar surface area (TPSA) is 24.9 Å². The average molecular weight is 308 g/mol. The summed E-state index contributed by atoms with van der Waals surface area (Å²) in [7, 11) is 0. The highest BCUT2D eigenvalue weighted by Crippen LogP contribution is 2.28. The SMILES string of the molecule is Cc1ccccc1-c1cnc(CNCCc2ccccc2)s1. The zero-order valence-corrected chi connectivity index (χ0v) is 13.6. The molecular formula is C19H20N2S. The van der Waals surface area contributed by atoms with Crippen molar-refractivity contribution in [3.63, 3.8) is 0 Å². The number of aryl methyl sites for hydroxylation is 1. The molecule has 1 heterocycles. The van der Waals surface area contributed by atoms with Crippen LogP contribution in [0, 0.1) is 6.92 Å². The van der Waals surface area contributed by atoms with Crippen molar-refractivity contribution < 1.29 is 0 Å². The predicted octanol–water partition coefficient (Wildman–Crippen LogP) is 4.45. The van der Waals surface area contributed by atoms with Crippen molar-refractivity contribution in [3.05, 3.63) is 76.9 Å². The van der Waals surface area contributed by atoms with Crippen LogP contribution in [0.5, 0.6) is 0 Å². The number of hydrogen-bond acceptors (Lipinski definition) is 3. The van der Waals surface area contributed by atoms with Crippen molar-refractivity contribution in [1.82, 2.24) is 10.3 Å². The lowest BCUT2D eigenvalue weighted by molar-refractivity contribution is 0.684. The van der Waals surface area contributed by atoms with E-state index in [0.717, 1.165) is 24.5 Å². The monoisotopic (exact) mass is 308 g/mol. The number of thiazole rings is 1. The van der Waals surface area contributed by atoms with Crippen LogP contribution in [-0.4, -0.2) is 11.5 Å². The van der Waals surface area contributed by atoms with Gasteiger partial charge >= 0.3 is 0 Å². The summed E-state index contributed by atoms with van der Waals surface area (Å²) in [6.45, 7) is 3.96. The molecule has 0 saturated carbocycles. The molecule has 1 aromatic heterocycles. The fourth-order valence-corrected chi connectivity index (χ4v) is 3.42. The second-order valence-corrected chi connectivity index (χ2v) is 6.46. The Morgan fingerprint density at radius 3 is 2.59 bits per heavy atom. The summed E-state index contributed by atoms with van der Waals surface area (Å²) in [5.41, 5.74) is 3.96. The smallest absolute Gasteiger partial charge is 0.107 e. The van der Waals surface area contributed by atoms with Gasteiger partial charge in [0.25, 0.3) is 0 Å². The normalized spacial score (nSPS) is 10.8. The van der Waals surface area contributed by atoms with E-state index in [2.05, 4.69) is 71.8 Å². The summed E-state index contributed by atoms with van der Waals surface area (Å²) in [6.07, 6.45) is 3.04. The van der Waals surface area contributed by atoms with Crippen LogP contribution in [0.3, 0.4) is 0 Å². The molecule has 0 aliphatic heterocycles. The van der Waals surface area contributed by atoms with Gasteiger partial charge in [-0.1, -0.05) is 54.6 Å². The van der Waals surface area contributed by atoms with Gasteiger partial charge in [0, 0.05) is 12.7 Å². The minimum absolute atomic E-state index is 0.837. The van der Waals surface area contributed by atoms with Gasteiger partial charge in [-0.2, -0.15) is 0 Å². The van der Waals surface area contributed by atoms with Gasteiger partial charge in [0.2, 0.25) is 0 Å². The number of rotatable bonds is 6. The average Bonchev–Trinajstić information content (AvgIpc) is 3.02. The summed E-state index contributed by atoms with van der Waals surface area (Å²) < 4.78 is 0. The second kappa shape index (κ2) is 7.34. The van der Waals surface area contributed by atoms with Gasteiger partial charge in [-0.15, -0.1) is 11.3 Å². The van der Waals surface area contributed by atoms with E-state index in [1.165, 1.54) is 21.6 Å². The summed E-state index contributed by atoms with van der Waals surface area (Å²) in [4.78, 5) is 5.78. The number of nitrogens with zero attached hydrogens (tertiary/aromatic N) is 1. The van der Waals surface area contributed by atoms with E-state index in [0.29, 0.717) is 0 Å². The zero-order chi connectivity index (χ0) is 15.2. The maximum atomic E-state index is 4.53. The molecule has 0 unspecified atom stereocenters. The van der Waals surface area contributed by atoms with Crippen molar-refractivity contribution in [2.75, 3.05) is 6.54 Å². The molecule has 3 rings (SSSR count). The van der Waals surface area contributed by atoms with Crippen molar-refractivity contribution in [3.8, 4) is 10.4 Å². The molecule has 0 amide bonds. The Kier molecular flexibility index (Phi) is 4.99. The van der Waals surface area contributed by atoms with Crippen molar-refractivity contribution >= 4 is 11.3 Å². The number of nitrogens with one attached hydrogen (secondary N) is 1. The molecule has 0 fully saturated rings. The number of hydrogen-bond donors (Lipinski definition) is 1. The molecule has 3 heteroatoms. The highest BCUT2D eigenvalue weighted by Gasteiger charge is 2.06. The molecule has 0 saturated heterocycles. The molecular weight excluding hydrogens is 288 g/mol. The summed E-state index contributed by atoms with van der Waals surface area (Å²) in [6, 6.07) is 19.0. The Morgan fingerprint density at radius 2 is 1.77 bits per heavy atom. The Bertz CT molecular complexity index is 719. The maximum absolute atomic E-state index is 4.53. The standard InChI is InChI=1S/C19H20N2S/c1-15-7-5-6-10-17(15)18-13-21-19(22-18)14-20-12-11-16-8-3-2-4-9-16/h2-10,13,20H,11-12,14H2,1H3. The van der Waals surface area contributed by atoms with Crippen LogP contribution in [0.25, 0.3) is 10.4 Å². The van der Waals surface area contributed by atoms with E-state index in [9.17, 15) is 0 Å². The van der Waals surface area contributed by atoms with E-state index in [4.69, 9.17) is 0 Å². The highest BCUT2D eigenvalue weighted by atomic mass is 32.1. The third kappa shape index (κ3) is 3.81. The third-order valence-electron chi connectivity index (χ3n) is 3.67. The van der Waals surface area contributed by atoms with Crippen LogP contribution in [0.4, 0.5) is 0 Å². The predicted molar refractivity (Wildman–Crippen MR) is 94.1 cm³/mol. The minimum Gasteiger partial charge on any atom is -0.310 e. The first kappa shape index (κ1) is 14.9. The van der Waals surface area contributed by atoms with E-state index in [1.54, 1.807) is 11.3 Å². The molecule has 0 bridgehead atoms. The molecule has 0 atom stereocenters. The molecule has 0 aliphatic carbocycles. The molecule has 0 aliphatic rings. The van der Waals surface area contributed by atoms with Crippen LogP contribution in [0.1, 0.15) is 16.1 Å².